The van der Waals surface area contributed by atoms with Crippen molar-refractivity contribution >= 4 is 39.6 Å². The molecule has 3 N–H and O–H groups in total. The summed E-state index contributed by atoms with van der Waals surface area (Å²) in [7, 11) is -3.68. The number of alkyl carbamates (subject to hydrolysis) is 1. The van der Waals surface area contributed by atoms with Gasteiger partial charge in [0, 0.05) is 24.4 Å². The minimum atomic E-state index is -3.68. The van der Waals surface area contributed by atoms with Crippen molar-refractivity contribution in [1.82, 2.24) is 25.8 Å². The molecule has 3 heterocycles. The standard InChI is InChI=1S/C35H46FN5O9S/c1-34(2,3)50-32(45)38-27-12-14-37-13-5-4-8-22-16-35(22,29(42)20-51(47,48)24-10-11-24)39-30(43)28-15-23(18-41(28)31(27)44)49-33(46)40-17-21-7-6-9-26(36)25(21)19-40/h4,6-9,22-24,27-28,37H,5,10-20H2,1-3H3,(H,38,45)(H,39,43)/b8-4-/t22-,23-,27+,28+,35-/m1/s1. The lowest BCUT2D eigenvalue weighted by atomic mass is 10.1. The van der Waals surface area contributed by atoms with E-state index in [0.717, 1.165) is 0 Å². The molecule has 0 aromatic heterocycles. The normalized spacial score (nSPS) is 29.0. The number of hydrogen-bond acceptors (Lipinski definition) is 10. The van der Waals surface area contributed by atoms with Crippen molar-refractivity contribution in [3.8, 4) is 0 Å². The highest BCUT2D eigenvalue weighted by atomic mass is 32.2. The van der Waals surface area contributed by atoms with Gasteiger partial charge in [-0.25, -0.2) is 22.4 Å². The number of halogens is 1. The lowest BCUT2D eigenvalue weighted by Crippen LogP contribution is -2.57. The number of rotatable bonds is 6. The number of ether oxygens (including phenoxy) is 2. The highest BCUT2D eigenvalue weighted by Crippen LogP contribution is 2.47. The molecule has 14 nitrogen and oxygen atoms in total. The minimum Gasteiger partial charge on any atom is -0.444 e. The monoisotopic (exact) mass is 731 g/mol. The van der Waals surface area contributed by atoms with E-state index in [9.17, 15) is 36.8 Å². The summed E-state index contributed by atoms with van der Waals surface area (Å²) in [6.07, 6.45) is 2.96. The van der Waals surface area contributed by atoms with Crippen LogP contribution in [0.1, 0.15) is 70.4 Å². The van der Waals surface area contributed by atoms with Gasteiger partial charge in [-0.2, -0.15) is 0 Å². The molecule has 1 aromatic carbocycles. The number of nitrogens with one attached hydrogen (secondary N) is 3. The average Bonchev–Trinajstić information content (AvgIpc) is 3.93. The Hall–Kier alpha value is -4.05. The fraction of sp³-hybridized carbons (Fsp3) is 0.629. The Morgan fingerprint density at radius 1 is 1.10 bits per heavy atom. The van der Waals surface area contributed by atoms with Gasteiger partial charge in [-0.15, -0.1) is 0 Å². The first-order valence-electron chi connectivity index (χ1n) is 17.5. The van der Waals surface area contributed by atoms with Crippen molar-refractivity contribution in [3.63, 3.8) is 0 Å². The smallest absolute Gasteiger partial charge is 0.410 e. The van der Waals surface area contributed by atoms with E-state index in [1.54, 1.807) is 32.9 Å². The van der Waals surface area contributed by atoms with E-state index in [2.05, 4.69) is 16.0 Å². The third-order valence-corrected chi connectivity index (χ3v) is 12.1. The van der Waals surface area contributed by atoms with E-state index in [1.165, 1.54) is 15.9 Å². The van der Waals surface area contributed by atoms with Crippen molar-refractivity contribution in [3.05, 3.63) is 47.3 Å². The van der Waals surface area contributed by atoms with E-state index in [4.69, 9.17) is 9.47 Å². The number of sulfone groups is 1. The van der Waals surface area contributed by atoms with E-state index in [-0.39, 0.29) is 38.9 Å². The molecule has 4 amide bonds. The van der Waals surface area contributed by atoms with Crippen LogP contribution in [-0.2, 0) is 46.8 Å². The Labute approximate surface area is 296 Å². The fourth-order valence-corrected chi connectivity index (χ4v) is 8.75. The highest BCUT2D eigenvalue weighted by Gasteiger charge is 2.61. The second-order valence-corrected chi connectivity index (χ2v) is 17.4. The largest absolute Gasteiger partial charge is 0.444 e. The lowest BCUT2D eigenvalue weighted by molar-refractivity contribution is -0.141. The molecule has 2 saturated carbocycles. The van der Waals surface area contributed by atoms with Gasteiger partial charge >= 0.3 is 12.2 Å². The number of carbonyl (C=O) groups excluding carboxylic acids is 5. The summed E-state index contributed by atoms with van der Waals surface area (Å²) in [5.74, 6) is -3.49. The molecule has 1 saturated heterocycles. The van der Waals surface area contributed by atoms with Crippen LogP contribution in [0.3, 0.4) is 0 Å². The summed E-state index contributed by atoms with van der Waals surface area (Å²) >= 11 is 0. The van der Waals surface area contributed by atoms with E-state index in [0.29, 0.717) is 43.5 Å². The Morgan fingerprint density at radius 3 is 2.57 bits per heavy atom. The Balaban J connectivity index is 1.25. The molecule has 5 aliphatic rings. The Morgan fingerprint density at radius 2 is 1.86 bits per heavy atom. The van der Waals surface area contributed by atoms with Crippen LogP contribution in [0.4, 0.5) is 14.0 Å². The molecular weight excluding hydrogens is 685 g/mol. The van der Waals surface area contributed by atoms with Gasteiger partial charge in [0.25, 0.3) is 0 Å². The maximum atomic E-state index is 14.4. The first-order valence-corrected chi connectivity index (χ1v) is 19.2. The molecule has 16 heteroatoms. The second-order valence-electron chi connectivity index (χ2n) is 15.1. The van der Waals surface area contributed by atoms with Crippen LogP contribution >= 0.6 is 0 Å². The van der Waals surface area contributed by atoms with Gasteiger partial charge in [0.05, 0.1) is 18.3 Å². The molecule has 3 aliphatic heterocycles. The van der Waals surface area contributed by atoms with Gasteiger partial charge in [-0.05, 0) is 77.6 Å². The van der Waals surface area contributed by atoms with Crippen molar-refractivity contribution in [2.45, 2.75) is 107 Å². The van der Waals surface area contributed by atoms with Crippen molar-refractivity contribution in [2.75, 3.05) is 25.4 Å². The number of hydrogen-bond donors (Lipinski definition) is 3. The van der Waals surface area contributed by atoms with Gasteiger partial charge in [0.15, 0.2) is 15.6 Å². The van der Waals surface area contributed by atoms with Gasteiger partial charge < -0.3 is 30.3 Å². The summed E-state index contributed by atoms with van der Waals surface area (Å²) in [5.41, 5.74) is -1.28. The summed E-state index contributed by atoms with van der Waals surface area (Å²) in [6.45, 7) is 5.84. The second kappa shape index (κ2) is 14.2. The molecule has 0 radical (unpaired) electrons. The summed E-state index contributed by atoms with van der Waals surface area (Å²) in [4.78, 5) is 70.9. The third-order valence-electron chi connectivity index (χ3n) is 9.98. The number of fused-ring (bicyclic) bond motifs is 3. The maximum absolute atomic E-state index is 14.4. The quantitative estimate of drug-likeness (QED) is 0.367. The molecule has 0 unspecified atom stereocenters. The molecule has 3 fully saturated rings. The first kappa shape index (κ1) is 36.7. The van der Waals surface area contributed by atoms with E-state index < -0.39 is 91.7 Å². The Kier molecular flexibility index (Phi) is 10.2. The average molecular weight is 732 g/mol. The fourth-order valence-electron chi connectivity index (χ4n) is 7.04. The number of nitrogens with zero attached hydrogens (tertiary/aromatic N) is 2. The zero-order valence-corrected chi connectivity index (χ0v) is 29.9. The van der Waals surface area contributed by atoms with Crippen LogP contribution in [0, 0.1) is 11.7 Å². The topological polar surface area (TPSA) is 181 Å². The molecule has 0 spiro atoms. The summed E-state index contributed by atoms with van der Waals surface area (Å²) in [5, 5.41) is 8.15. The maximum Gasteiger partial charge on any atom is 0.410 e. The minimum absolute atomic E-state index is 0.00168. The molecular formula is C35H46FN5O9S. The Bertz CT molecular complexity index is 1730. The predicted octanol–water partition coefficient (Wildman–Crippen LogP) is 2.10. The van der Waals surface area contributed by atoms with Gasteiger partial charge in [0.2, 0.25) is 11.8 Å². The molecule has 6 rings (SSSR count). The van der Waals surface area contributed by atoms with Crippen LogP contribution < -0.4 is 16.0 Å². The SMILES string of the molecule is CC(C)(C)OC(=O)N[C@H]1CCNCC/C=C\[C@@H]2C[C@@]2(C(=O)CS(=O)(=O)C2CC2)NC(=O)[C@@H]2C[C@@H](OC(=O)N3Cc4cccc(F)c4C3)CN2C1=O. The van der Waals surface area contributed by atoms with Crippen LogP contribution in [0.25, 0.3) is 0 Å². The van der Waals surface area contributed by atoms with Crippen LogP contribution in [-0.4, -0.2) is 108 Å². The van der Waals surface area contributed by atoms with Crippen LogP contribution in [0.5, 0.6) is 0 Å². The van der Waals surface area contributed by atoms with Crippen LogP contribution in [0.15, 0.2) is 30.4 Å². The summed E-state index contributed by atoms with van der Waals surface area (Å²) in [6, 6.07) is 2.25. The predicted molar refractivity (Wildman–Crippen MR) is 181 cm³/mol. The number of amides is 4. The molecule has 5 atom stereocenters. The molecule has 1 aromatic rings. The van der Waals surface area contributed by atoms with Gasteiger partial charge in [0.1, 0.15) is 40.9 Å². The summed E-state index contributed by atoms with van der Waals surface area (Å²) < 4.78 is 51.3. The van der Waals surface area contributed by atoms with Gasteiger partial charge in [-0.3, -0.25) is 19.3 Å². The zero-order chi connectivity index (χ0) is 36.7. The molecule has 278 valence electrons. The number of carbonyl (C=O) groups is 5. The van der Waals surface area contributed by atoms with E-state index in [1.807, 2.05) is 12.2 Å². The first-order chi connectivity index (χ1) is 24.1. The highest BCUT2D eigenvalue weighted by molar-refractivity contribution is 7.93. The number of benzene rings is 1. The lowest BCUT2D eigenvalue weighted by Gasteiger charge is -2.30. The molecule has 51 heavy (non-hydrogen) atoms. The zero-order valence-electron chi connectivity index (χ0n) is 29.1. The van der Waals surface area contributed by atoms with Crippen molar-refractivity contribution < 1.29 is 46.3 Å². The number of ketones is 1. The van der Waals surface area contributed by atoms with E-state index >= 15 is 0 Å². The van der Waals surface area contributed by atoms with Crippen molar-refractivity contribution in [1.29, 1.82) is 0 Å². The van der Waals surface area contributed by atoms with Crippen molar-refractivity contribution in [2.24, 2.45) is 5.92 Å². The number of Topliss-reactive ketones (excluding diaryl/α,β-unsaturated/α-hetero) is 1. The van der Waals surface area contributed by atoms with Gasteiger partial charge in [-0.1, -0.05) is 24.3 Å². The molecule has 2 aliphatic carbocycles. The molecule has 0 bridgehead atoms. The van der Waals surface area contributed by atoms with Crippen LogP contribution in [0.2, 0.25) is 0 Å². The third kappa shape index (κ3) is 8.37.